The molecular formula is C11H11NO3. The molecule has 4 nitrogen and oxygen atoms in total. The van der Waals surface area contributed by atoms with Crippen molar-refractivity contribution in [3.63, 3.8) is 0 Å². The van der Waals surface area contributed by atoms with Crippen molar-refractivity contribution in [1.82, 2.24) is 0 Å². The van der Waals surface area contributed by atoms with Gasteiger partial charge in [0.25, 0.3) is 0 Å². The second-order valence-corrected chi connectivity index (χ2v) is 3.32. The van der Waals surface area contributed by atoms with E-state index in [9.17, 15) is 9.90 Å². The Bertz CT molecular complexity index is 545. The van der Waals surface area contributed by atoms with Crippen LogP contribution >= 0.6 is 0 Å². The highest BCUT2D eigenvalue weighted by atomic mass is 16.4. The molecular weight excluding hydrogens is 194 g/mol. The van der Waals surface area contributed by atoms with Crippen LogP contribution in [0.3, 0.4) is 0 Å². The van der Waals surface area contributed by atoms with E-state index in [4.69, 9.17) is 10.2 Å². The molecule has 0 bridgehead atoms. The molecule has 2 rings (SSSR count). The number of phenolic OH excluding ortho intramolecular Hbond substituents is 1. The smallest absolute Gasteiger partial charge is 0.339 e. The van der Waals surface area contributed by atoms with E-state index < -0.39 is 5.63 Å². The highest BCUT2D eigenvalue weighted by molar-refractivity contribution is 5.78. The fourth-order valence-corrected chi connectivity index (χ4v) is 1.47. The monoisotopic (exact) mass is 205 g/mol. The SMILES string of the molecule is NCCc1cc2ccc(O)cc2oc1=O. The molecule has 0 unspecified atom stereocenters. The van der Waals surface area contributed by atoms with Gasteiger partial charge in [-0.3, -0.25) is 0 Å². The van der Waals surface area contributed by atoms with Gasteiger partial charge in [0.05, 0.1) is 0 Å². The Morgan fingerprint density at radius 3 is 2.87 bits per heavy atom. The summed E-state index contributed by atoms with van der Waals surface area (Å²) >= 11 is 0. The minimum Gasteiger partial charge on any atom is -0.508 e. The predicted octanol–water partition coefficient (Wildman–Crippen LogP) is 1.000. The van der Waals surface area contributed by atoms with E-state index in [2.05, 4.69) is 0 Å². The van der Waals surface area contributed by atoms with E-state index >= 15 is 0 Å². The van der Waals surface area contributed by atoms with Crippen LogP contribution in [-0.2, 0) is 6.42 Å². The van der Waals surface area contributed by atoms with Crippen LogP contribution in [0.2, 0.25) is 0 Å². The Morgan fingerprint density at radius 1 is 1.33 bits per heavy atom. The van der Waals surface area contributed by atoms with Crippen LogP contribution in [0.25, 0.3) is 11.0 Å². The number of phenols is 1. The molecule has 3 N–H and O–H groups in total. The summed E-state index contributed by atoms with van der Waals surface area (Å²) in [6, 6.07) is 6.42. The second-order valence-electron chi connectivity index (χ2n) is 3.32. The number of rotatable bonds is 2. The summed E-state index contributed by atoms with van der Waals surface area (Å²) in [6.07, 6.45) is 0.499. The van der Waals surface area contributed by atoms with E-state index in [0.717, 1.165) is 5.39 Å². The quantitative estimate of drug-likeness (QED) is 0.717. The fourth-order valence-electron chi connectivity index (χ4n) is 1.47. The van der Waals surface area contributed by atoms with Gasteiger partial charge in [-0.15, -0.1) is 0 Å². The van der Waals surface area contributed by atoms with Crippen molar-refractivity contribution >= 4 is 11.0 Å². The number of hydrogen-bond acceptors (Lipinski definition) is 4. The lowest BCUT2D eigenvalue weighted by atomic mass is 10.1. The van der Waals surface area contributed by atoms with Crippen molar-refractivity contribution in [2.75, 3.05) is 6.54 Å². The number of aromatic hydroxyl groups is 1. The van der Waals surface area contributed by atoms with E-state index in [-0.39, 0.29) is 5.75 Å². The lowest BCUT2D eigenvalue weighted by Crippen LogP contribution is -2.12. The summed E-state index contributed by atoms with van der Waals surface area (Å²) in [4.78, 5) is 11.4. The first-order valence-corrected chi connectivity index (χ1v) is 4.66. The molecule has 0 aliphatic heterocycles. The van der Waals surface area contributed by atoms with Crippen LogP contribution in [0.15, 0.2) is 33.5 Å². The zero-order valence-electron chi connectivity index (χ0n) is 8.06. The lowest BCUT2D eigenvalue weighted by Gasteiger charge is -2.00. The van der Waals surface area contributed by atoms with Gasteiger partial charge < -0.3 is 15.3 Å². The van der Waals surface area contributed by atoms with E-state index in [1.807, 2.05) is 0 Å². The third-order valence-corrected chi connectivity index (χ3v) is 2.21. The average molecular weight is 205 g/mol. The van der Waals surface area contributed by atoms with Gasteiger partial charge in [-0.25, -0.2) is 4.79 Å². The molecule has 0 aliphatic rings. The molecule has 78 valence electrons. The number of fused-ring (bicyclic) bond motifs is 1. The summed E-state index contributed by atoms with van der Waals surface area (Å²) in [6.45, 7) is 0.411. The number of benzene rings is 1. The largest absolute Gasteiger partial charge is 0.508 e. The fraction of sp³-hybridized carbons (Fsp3) is 0.182. The maximum absolute atomic E-state index is 11.4. The van der Waals surface area contributed by atoms with Crippen molar-refractivity contribution in [3.05, 3.63) is 40.2 Å². The summed E-state index contributed by atoms with van der Waals surface area (Å²) in [5.41, 5.74) is 5.94. The van der Waals surface area contributed by atoms with Crippen molar-refractivity contribution in [1.29, 1.82) is 0 Å². The Hall–Kier alpha value is -1.81. The van der Waals surface area contributed by atoms with Crippen LogP contribution in [0.1, 0.15) is 5.56 Å². The lowest BCUT2D eigenvalue weighted by molar-refractivity contribution is 0.472. The van der Waals surface area contributed by atoms with Crippen molar-refractivity contribution in [2.45, 2.75) is 6.42 Å². The van der Waals surface area contributed by atoms with Gasteiger partial charge in [-0.2, -0.15) is 0 Å². The van der Waals surface area contributed by atoms with Gasteiger partial charge >= 0.3 is 5.63 Å². The topological polar surface area (TPSA) is 76.5 Å². The van der Waals surface area contributed by atoms with Crippen LogP contribution in [0.4, 0.5) is 0 Å². The Kier molecular flexibility index (Phi) is 2.43. The molecule has 0 aliphatic carbocycles. The molecule has 0 fully saturated rings. The molecule has 0 amide bonds. The third-order valence-electron chi connectivity index (χ3n) is 2.21. The molecule has 15 heavy (non-hydrogen) atoms. The Labute approximate surface area is 85.9 Å². The van der Waals surface area contributed by atoms with Gasteiger partial charge in [-0.1, -0.05) is 0 Å². The molecule has 0 saturated heterocycles. The van der Waals surface area contributed by atoms with E-state index in [0.29, 0.717) is 24.1 Å². The molecule has 0 radical (unpaired) electrons. The van der Waals surface area contributed by atoms with Gasteiger partial charge in [0.1, 0.15) is 11.3 Å². The standard InChI is InChI=1S/C11H11NO3/c12-4-3-8-5-7-1-2-9(13)6-10(7)15-11(8)14/h1-2,5-6,13H,3-4,12H2. The first kappa shape index (κ1) is 9.73. The first-order valence-electron chi connectivity index (χ1n) is 4.66. The normalized spacial score (nSPS) is 10.7. The first-order chi connectivity index (χ1) is 7.20. The van der Waals surface area contributed by atoms with Gasteiger partial charge in [-0.05, 0) is 31.2 Å². The Morgan fingerprint density at radius 2 is 2.13 bits per heavy atom. The Balaban J connectivity index is 2.65. The zero-order valence-corrected chi connectivity index (χ0v) is 8.06. The second kappa shape index (κ2) is 3.74. The van der Waals surface area contributed by atoms with Crippen LogP contribution < -0.4 is 11.4 Å². The van der Waals surface area contributed by atoms with Crippen LogP contribution in [0.5, 0.6) is 5.75 Å². The third kappa shape index (κ3) is 1.85. The van der Waals surface area contributed by atoms with Gasteiger partial charge in [0, 0.05) is 17.0 Å². The maximum atomic E-state index is 11.4. The van der Waals surface area contributed by atoms with E-state index in [1.54, 1.807) is 18.2 Å². The average Bonchev–Trinajstić information content (AvgIpc) is 2.20. The predicted molar refractivity (Wildman–Crippen MR) is 56.9 cm³/mol. The minimum absolute atomic E-state index is 0.0808. The summed E-state index contributed by atoms with van der Waals surface area (Å²) < 4.78 is 5.06. The molecule has 1 heterocycles. The van der Waals surface area contributed by atoms with Crippen LogP contribution in [0, 0.1) is 0 Å². The maximum Gasteiger partial charge on any atom is 0.339 e. The molecule has 0 spiro atoms. The van der Waals surface area contributed by atoms with Crippen molar-refractivity contribution in [3.8, 4) is 5.75 Å². The molecule has 0 atom stereocenters. The van der Waals surface area contributed by atoms with Crippen LogP contribution in [-0.4, -0.2) is 11.7 Å². The number of nitrogens with two attached hydrogens (primary N) is 1. The molecule has 0 saturated carbocycles. The summed E-state index contributed by atoms with van der Waals surface area (Å²) in [7, 11) is 0. The minimum atomic E-state index is -0.390. The molecule has 4 heteroatoms. The number of hydrogen-bond donors (Lipinski definition) is 2. The highest BCUT2D eigenvalue weighted by Gasteiger charge is 2.04. The van der Waals surface area contributed by atoms with Gasteiger partial charge in [0.15, 0.2) is 0 Å². The summed E-state index contributed by atoms with van der Waals surface area (Å²) in [5.74, 6) is 0.0808. The zero-order chi connectivity index (χ0) is 10.8. The molecule has 2 aromatic rings. The van der Waals surface area contributed by atoms with E-state index in [1.165, 1.54) is 6.07 Å². The van der Waals surface area contributed by atoms with Gasteiger partial charge in [0.2, 0.25) is 0 Å². The van der Waals surface area contributed by atoms with Crippen molar-refractivity contribution < 1.29 is 9.52 Å². The van der Waals surface area contributed by atoms with Crippen molar-refractivity contribution in [2.24, 2.45) is 5.73 Å². The summed E-state index contributed by atoms with van der Waals surface area (Å²) in [5, 5.41) is 10.00. The highest BCUT2D eigenvalue weighted by Crippen LogP contribution is 2.19. The molecule has 1 aromatic heterocycles. The molecule has 1 aromatic carbocycles.